The summed E-state index contributed by atoms with van der Waals surface area (Å²) >= 11 is 0. The molecule has 2 nitrogen and oxygen atoms in total. The highest BCUT2D eigenvalue weighted by molar-refractivity contribution is 5.46. The van der Waals surface area contributed by atoms with E-state index < -0.39 is 11.9 Å². The third kappa shape index (κ3) is 2.83. The first-order valence-corrected chi connectivity index (χ1v) is 6.62. The Morgan fingerprint density at radius 3 is 2.45 bits per heavy atom. The summed E-state index contributed by atoms with van der Waals surface area (Å²) in [7, 11) is 0. The second kappa shape index (κ2) is 5.63. The molecule has 106 valence electrons. The van der Waals surface area contributed by atoms with E-state index in [4.69, 9.17) is 4.74 Å². The summed E-state index contributed by atoms with van der Waals surface area (Å²) < 4.78 is 19.7. The van der Waals surface area contributed by atoms with E-state index in [2.05, 4.69) is 6.07 Å². The summed E-state index contributed by atoms with van der Waals surface area (Å²) in [5, 5.41) is 9.72. The molecular weight excluding hydrogens is 255 g/mol. The van der Waals surface area contributed by atoms with Gasteiger partial charge in [0.25, 0.3) is 0 Å². The number of rotatable bonds is 3. The van der Waals surface area contributed by atoms with Gasteiger partial charge in [0, 0.05) is 0 Å². The van der Waals surface area contributed by atoms with Crippen LogP contribution in [-0.2, 0) is 0 Å². The normalized spacial score (nSPS) is 12.3. The SMILES string of the molecule is Cc1cc(C)c(C)c(Oc2cccc(F)c2C(C)O)c1. The molecule has 3 heteroatoms. The van der Waals surface area contributed by atoms with Gasteiger partial charge in [-0.25, -0.2) is 4.39 Å². The maximum absolute atomic E-state index is 13.8. The lowest BCUT2D eigenvalue weighted by atomic mass is 10.1. The van der Waals surface area contributed by atoms with Crippen LogP contribution in [0.3, 0.4) is 0 Å². The molecule has 0 aliphatic heterocycles. The first-order chi connectivity index (χ1) is 9.40. The molecule has 1 atom stereocenters. The van der Waals surface area contributed by atoms with Crippen molar-refractivity contribution < 1.29 is 14.2 Å². The van der Waals surface area contributed by atoms with E-state index in [1.54, 1.807) is 12.1 Å². The standard InChI is InChI=1S/C17H19FO2/c1-10-8-11(2)12(3)16(9-10)20-15-7-5-6-14(18)17(15)13(4)19/h5-9,13,19H,1-4H3. The number of hydrogen-bond acceptors (Lipinski definition) is 2. The highest BCUT2D eigenvalue weighted by atomic mass is 19.1. The molecule has 0 heterocycles. The quantitative estimate of drug-likeness (QED) is 0.886. The zero-order chi connectivity index (χ0) is 14.9. The minimum absolute atomic E-state index is 0.186. The molecule has 2 rings (SSSR count). The Balaban J connectivity index is 2.48. The van der Waals surface area contributed by atoms with E-state index in [0.717, 1.165) is 16.7 Å². The van der Waals surface area contributed by atoms with E-state index in [1.165, 1.54) is 13.0 Å². The number of benzene rings is 2. The van der Waals surface area contributed by atoms with Crippen LogP contribution in [0, 0.1) is 26.6 Å². The zero-order valence-corrected chi connectivity index (χ0v) is 12.2. The maximum Gasteiger partial charge on any atom is 0.136 e. The lowest BCUT2D eigenvalue weighted by molar-refractivity contribution is 0.190. The molecule has 1 N–H and O–H groups in total. The predicted molar refractivity (Wildman–Crippen MR) is 77.8 cm³/mol. The van der Waals surface area contributed by atoms with E-state index >= 15 is 0 Å². The Labute approximate surface area is 118 Å². The Kier molecular flexibility index (Phi) is 4.09. The van der Waals surface area contributed by atoms with Crippen molar-refractivity contribution in [2.24, 2.45) is 0 Å². The largest absolute Gasteiger partial charge is 0.457 e. The van der Waals surface area contributed by atoms with Gasteiger partial charge in [-0.1, -0.05) is 12.1 Å². The number of ether oxygens (including phenoxy) is 1. The summed E-state index contributed by atoms with van der Waals surface area (Å²) in [4.78, 5) is 0. The zero-order valence-electron chi connectivity index (χ0n) is 12.2. The van der Waals surface area contributed by atoms with Gasteiger partial charge in [0.15, 0.2) is 0 Å². The molecule has 0 fully saturated rings. The van der Waals surface area contributed by atoms with Crippen molar-refractivity contribution in [3.05, 3.63) is 58.4 Å². The molecule has 2 aromatic carbocycles. The minimum Gasteiger partial charge on any atom is -0.457 e. The number of halogens is 1. The van der Waals surface area contributed by atoms with Crippen LogP contribution in [0.2, 0.25) is 0 Å². The Bertz CT molecular complexity index is 633. The Hall–Kier alpha value is -1.87. The average molecular weight is 274 g/mol. The van der Waals surface area contributed by atoms with E-state index in [1.807, 2.05) is 26.8 Å². The molecule has 2 aromatic rings. The van der Waals surface area contributed by atoms with Crippen LogP contribution in [0.4, 0.5) is 4.39 Å². The molecule has 20 heavy (non-hydrogen) atoms. The van der Waals surface area contributed by atoms with Gasteiger partial charge in [0.2, 0.25) is 0 Å². The van der Waals surface area contributed by atoms with Crippen molar-refractivity contribution >= 4 is 0 Å². The van der Waals surface area contributed by atoms with Crippen molar-refractivity contribution in [3.63, 3.8) is 0 Å². The monoisotopic (exact) mass is 274 g/mol. The lowest BCUT2D eigenvalue weighted by Gasteiger charge is -2.16. The molecule has 0 aromatic heterocycles. The topological polar surface area (TPSA) is 29.5 Å². The maximum atomic E-state index is 13.8. The number of aryl methyl sites for hydroxylation is 2. The third-order valence-electron chi connectivity index (χ3n) is 3.41. The van der Waals surface area contributed by atoms with Crippen molar-refractivity contribution in [1.82, 2.24) is 0 Å². The summed E-state index contributed by atoms with van der Waals surface area (Å²) in [6.07, 6.45) is -0.919. The molecule has 0 spiro atoms. The van der Waals surface area contributed by atoms with Crippen LogP contribution in [0.1, 0.15) is 35.3 Å². The van der Waals surface area contributed by atoms with Gasteiger partial charge in [-0.3, -0.25) is 0 Å². The second-order valence-electron chi connectivity index (χ2n) is 5.13. The van der Waals surface area contributed by atoms with Crippen LogP contribution in [-0.4, -0.2) is 5.11 Å². The predicted octanol–water partition coefficient (Wildman–Crippen LogP) is 4.60. The highest BCUT2D eigenvalue weighted by Gasteiger charge is 2.16. The molecule has 0 aliphatic carbocycles. The fourth-order valence-electron chi connectivity index (χ4n) is 2.24. The van der Waals surface area contributed by atoms with Crippen LogP contribution in [0.5, 0.6) is 11.5 Å². The van der Waals surface area contributed by atoms with E-state index in [9.17, 15) is 9.50 Å². The molecule has 0 saturated heterocycles. The summed E-state index contributed by atoms with van der Waals surface area (Å²) in [5.41, 5.74) is 3.40. The van der Waals surface area contributed by atoms with Gasteiger partial charge in [0.1, 0.15) is 17.3 Å². The van der Waals surface area contributed by atoms with Crippen LogP contribution < -0.4 is 4.74 Å². The first kappa shape index (κ1) is 14.5. The molecule has 0 bridgehead atoms. The Morgan fingerprint density at radius 2 is 1.80 bits per heavy atom. The van der Waals surface area contributed by atoms with Gasteiger partial charge < -0.3 is 9.84 Å². The van der Waals surface area contributed by atoms with Crippen LogP contribution in [0.15, 0.2) is 30.3 Å². The number of aliphatic hydroxyl groups is 1. The van der Waals surface area contributed by atoms with Gasteiger partial charge in [0.05, 0.1) is 11.7 Å². The third-order valence-corrected chi connectivity index (χ3v) is 3.41. The minimum atomic E-state index is -0.919. The van der Waals surface area contributed by atoms with Gasteiger partial charge in [-0.15, -0.1) is 0 Å². The van der Waals surface area contributed by atoms with Gasteiger partial charge in [-0.2, -0.15) is 0 Å². The average Bonchev–Trinajstić information content (AvgIpc) is 2.35. The van der Waals surface area contributed by atoms with Crippen molar-refractivity contribution in [1.29, 1.82) is 0 Å². The van der Waals surface area contributed by atoms with Gasteiger partial charge >= 0.3 is 0 Å². The number of aliphatic hydroxyl groups excluding tert-OH is 1. The molecule has 0 aliphatic rings. The molecular formula is C17H19FO2. The fourth-order valence-corrected chi connectivity index (χ4v) is 2.24. The van der Waals surface area contributed by atoms with Crippen LogP contribution in [0.25, 0.3) is 0 Å². The molecule has 1 unspecified atom stereocenters. The summed E-state index contributed by atoms with van der Waals surface area (Å²) in [6, 6.07) is 8.56. The van der Waals surface area contributed by atoms with Crippen molar-refractivity contribution in [3.8, 4) is 11.5 Å². The van der Waals surface area contributed by atoms with Crippen LogP contribution >= 0.6 is 0 Å². The van der Waals surface area contributed by atoms with E-state index in [-0.39, 0.29) is 5.56 Å². The first-order valence-electron chi connectivity index (χ1n) is 6.62. The Morgan fingerprint density at radius 1 is 1.10 bits per heavy atom. The summed E-state index contributed by atoms with van der Waals surface area (Å²) in [6.45, 7) is 7.49. The van der Waals surface area contributed by atoms with Gasteiger partial charge in [-0.05, 0) is 62.6 Å². The summed E-state index contributed by atoms with van der Waals surface area (Å²) in [5.74, 6) is 0.586. The molecule has 0 radical (unpaired) electrons. The highest BCUT2D eigenvalue weighted by Crippen LogP contribution is 2.34. The molecule has 0 saturated carbocycles. The van der Waals surface area contributed by atoms with E-state index in [0.29, 0.717) is 11.5 Å². The second-order valence-corrected chi connectivity index (χ2v) is 5.13. The fraction of sp³-hybridized carbons (Fsp3) is 0.294. The molecule has 0 amide bonds. The smallest absolute Gasteiger partial charge is 0.136 e. The van der Waals surface area contributed by atoms with Crippen molar-refractivity contribution in [2.45, 2.75) is 33.8 Å². The lowest BCUT2D eigenvalue weighted by Crippen LogP contribution is -2.01. The number of hydrogen-bond donors (Lipinski definition) is 1. The van der Waals surface area contributed by atoms with Crippen molar-refractivity contribution in [2.75, 3.05) is 0 Å².